The molecule has 0 radical (unpaired) electrons. The molecule has 124 valence electrons. The number of carbonyl (C=O) groups is 1. The Kier molecular flexibility index (Phi) is 4.66. The molecule has 1 heterocycles. The van der Waals surface area contributed by atoms with Crippen LogP contribution in [0.2, 0.25) is 0 Å². The third kappa shape index (κ3) is 3.82. The molecule has 1 aliphatic rings. The van der Waals surface area contributed by atoms with Gasteiger partial charge in [-0.15, -0.1) is 17.8 Å². The Morgan fingerprint density at radius 3 is 2.92 bits per heavy atom. The summed E-state index contributed by atoms with van der Waals surface area (Å²) in [4.78, 5) is 16.7. The molecule has 1 aliphatic carbocycles. The first-order valence-electron chi connectivity index (χ1n) is 7.29. The van der Waals surface area contributed by atoms with Gasteiger partial charge in [-0.1, -0.05) is 12.0 Å². The lowest BCUT2D eigenvalue weighted by Crippen LogP contribution is -2.24. The first kappa shape index (κ1) is 16.6. The van der Waals surface area contributed by atoms with Crippen LogP contribution in [-0.2, 0) is 10.0 Å². The lowest BCUT2D eigenvalue weighted by atomic mass is 10.2. The van der Waals surface area contributed by atoms with E-state index in [2.05, 4.69) is 20.9 Å². The number of hydrogen-bond acceptors (Lipinski definition) is 5. The standard InChI is InChI=1S/C16H15N3O3S2/c1-2-8-17-24(21,22)13-5-3-4-12(9-13)15(20)19-16-18-14(10-23-16)11-6-7-11/h1,3-5,9-11,17H,6-8H2,(H,18,19,20). The van der Waals surface area contributed by atoms with E-state index in [4.69, 9.17) is 6.42 Å². The minimum Gasteiger partial charge on any atom is -0.298 e. The van der Waals surface area contributed by atoms with E-state index in [1.54, 1.807) is 6.07 Å². The van der Waals surface area contributed by atoms with Gasteiger partial charge >= 0.3 is 0 Å². The number of nitrogens with zero attached hydrogens (tertiary/aromatic N) is 1. The van der Waals surface area contributed by atoms with Crippen LogP contribution in [0.4, 0.5) is 5.13 Å². The highest BCUT2D eigenvalue weighted by Crippen LogP contribution is 2.40. The zero-order valence-electron chi connectivity index (χ0n) is 12.7. The fourth-order valence-corrected chi connectivity index (χ4v) is 3.87. The number of nitrogens with one attached hydrogen (secondary N) is 2. The average molecular weight is 361 g/mol. The summed E-state index contributed by atoms with van der Waals surface area (Å²) in [6.07, 6.45) is 7.34. The predicted molar refractivity (Wildman–Crippen MR) is 92.5 cm³/mol. The number of rotatable bonds is 6. The van der Waals surface area contributed by atoms with Gasteiger partial charge in [0.2, 0.25) is 10.0 Å². The lowest BCUT2D eigenvalue weighted by molar-refractivity contribution is 0.102. The van der Waals surface area contributed by atoms with Crippen LogP contribution in [-0.4, -0.2) is 25.9 Å². The third-order valence-corrected chi connectivity index (χ3v) is 5.68. The van der Waals surface area contributed by atoms with Crippen LogP contribution in [0, 0.1) is 12.3 Å². The van der Waals surface area contributed by atoms with Crippen molar-refractivity contribution in [2.75, 3.05) is 11.9 Å². The van der Waals surface area contributed by atoms with Crippen molar-refractivity contribution in [3.05, 3.63) is 40.9 Å². The van der Waals surface area contributed by atoms with E-state index in [9.17, 15) is 13.2 Å². The van der Waals surface area contributed by atoms with Crippen LogP contribution in [0.3, 0.4) is 0 Å². The van der Waals surface area contributed by atoms with Gasteiger partial charge in [-0.05, 0) is 31.0 Å². The minimum atomic E-state index is -3.74. The first-order valence-corrected chi connectivity index (χ1v) is 9.66. The zero-order valence-corrected chi connectivity index (χ0v) is 14.3. The Balaban J connectivity index is 1.75. The predicted octanol–water partition coefficient (Wildman–Crippen LogP) is 2.18. The zero-order chi connectivity index (χ0) is 17.2. The molecule has 0 bridgehead atoms. The molecule has 0 spiro atoms. The number of anilines is 1. The number of thiazole rings is 1. The average Bonchev–Trinajstić information content (AvgIpc) is 3.33. The van der Waals surface area contributed by atoms with Crippen molar-refractivity contribution in [2.24, 2.45) is 0 Å². The molecular weight excluding hydrogens is 346 g/mol. The molecule has 0 saturated heterocycles. The number of aromatic nitrogens is 1. The Morgan fingerprint density at radius 2 is 2.21 bits per heavy atom. The summed E-state index contributed by atoms with van der Waals surface area (Å²) in [6.45, 7) is -0.109. The molecule has 0 unspecified atom stereocenters. The van der Waals surface area contributed by atoms with Crippen molar-refractivity contribution in [1.82, 2.24) is 9.71 Å². The highest BCUT2D eigenvalue weighted by molar-refractivity contribution is 7.89. The van der Waals surface area contributed by atoms with Crippen LogP contribution in [0.5, 0.6) is 0 Å². The molecule has 1 saturated carbocycles. The van der Waals surface area contributed by atoms with E-state index in [0.29, 0.717) is 11.0 Å². The molecule has 3 rings (SSSR count). The van der Waals surface area contributed by atoms with Gasteiger partial charge in [-0.3, -0.25) is 10.1 Å². The van der Waals surface area contributed by atoms with Gasteiger partial charge in [0.1, 0.15) is 0 Å². The topological polar surface area (TPSA) is 88.2 Å². The molecule has 2 N–H and O–H groups in total. The summed E-state index contributed by atoms with van der Waals surface area (Å²) in [6, 6.07) is 5.77. The summed E-state index contributed by atoms with van der Waals surface area (Å²) in [5.74, 6) is 2.32. The molecule has 2 aromatic rings. The quantitative estimate of drug-likeness (QED) is 0.772. The maximum absolute atomic E-state index is 12.3. The fourth-order valence-electron chi connectivity index (χ4n) is 2.10. The van der Waals surface area contributed by atoms with E-state index in [-0.39, 0.29) is 17.0 Å². The third-order valence-electron chi connectivity index (χ3n) is 3.51. The first-order chi connectivity index (χ1) is 11.5. The van der Waals surface area contributed by atoms with Gasteiger partial charge in [0.05, 0.1) is 17.1 Å². The van der Waals surface area contributed by atoms with E-state index < -0.39 is 15.9 Å². The number of sulfonamides is 1. The van der Waals surface area contributed by atoms with E-state index in [1.165, 1.54) is 29.5 Å². The minimum absolute atomic E-state index is 0.0109. The number of amides is 1. The second-order valence-corrected chi connectivity index (χ2v) is 7.99. The Hall–Kier alpha value is -2.21. The number of benzene rings is 1. The van der Waals surface area contributed by atoms with Crippen molar-refractivity contribution in [3.63, 3.8) is 0 Å². The van der Waals surface area contributed by atoms with Crippen molar-refractivity contribution < 1.29 is 13.2 Å². The molecule has 0 atom stereocenters. The number of carbonyl (C=O) groups excluding carboxylic acids is 1. The van der Waals surface area contributed by atoms with Crippen LogP contribution < -0.4 is 10.0 Å². The molecule has 0 aliphatic heterocycles. The summed E-state index contributed by atoms with van der Waals surface area (Å²) < 4.78 is 26.4. The molecule has 24 heavy (non-hydrogen) atoms. The largest absolute Gasteiger partial charge is 0.298 e. The van der Waals surface area contributed by atoms with E-state index >= 15 is 0 Å². The van der Waals surface area contributed by atoms with Crippen molar-refractivity contribution >= 4 is 32.4 Å². The van der Waals surface area contributed by atoms with Crippen molar-refractivity contribution in [3.8, 4) is 12.3 Å². The van der Waals surface area contributed by atoms with E-state index in [0.717, 1.165) is 18.5 Å². The van der Waals surface area contributed by atoms with Crippen LogP contribution in [0.15, 0.2) is 34.5 Å². The second kappa shape index (κ2) is 6.73. The monoisotopic (exact) mass is 361 g/mol. The SMILES string of the molecule is C#CCNS(=O)(=O)c1cccc(C(=O)Nc2nc(C3CC3)cs2)c1. The highest BCUT2D eigenvalue weighted by atomic mass is 32.2. The lowest BCUT2D eigenvalue weighted by Gasteiger charge is -2.06. The van der Waals surface area contributed by atoms with Gasteiger partial charge in [0.25, 0.3) is 5.91 Å². The van der Waals surface area contributed by atoms with Gasteiger partial charge in [-0.2, -0.15) is 4.72 Å². The second-order valence-electron chi connectivity index (χ2n) is 5.36. The molecule has 1 fully saturated rings. The highest BCUT2D eigenvalue weighted by Gasteiger charge is 2.26. The van der Waals surface area contributed by atoms with E-state index in [1.807, 2.05) is 5.38 Å². The van der Waals surface area contributed by atoms with Gasteiger partial charge in [-0.25, -0.2) is 13.4 Å². The Bertz CT molecular complexity index is 909. The normalized spacial score (nSPS) is 14.1. The summed E-state index contributed by atoms with van der Waals surface area (Å²) in [5.41, 5.74) is 1.24. The van der Waals surface area contributed by atoms with Crippen LogP contribution >= 0.6 is 11.3 Å². The molecule has 8 heteroatoms. The molecule has 1 amide bonds. The molecule has 1 aromatic heterocycles. The van der Waals surface area contributed by atoms with Gasteiger partial charge < -0.3 is 0 Å². The number of terminal acetylenes is 1. The Morgan fingerprint density at radius 1 is 1.42 bits per heavy atom. The van der Waals surface area contributed by atoms with Crippen molar-refractivity contribution in [1.29, 1.82) is 0 Å². The molecule has 1 aromatic carbocycles. The van der Waals surface area contributed by atoms with Crippen LogP contribution in [0.25, 0.3) is 0 Å². The molecular formula is C16H15N3O3S2. The summed E-state index contributed by atoms with van der Waals surface area (Å²) in [7, 11) is -3.74. The maximum Gasteiger partial charge on any atom is 0.257 e. The van der Waals surface area contributed by atoms with Gasteiger partial charge in [0.15, 0.2) is 5.13 Å². The smallest absolute Gasteiger partial charge is 0.257 e. The number of hydrogen-bond donors (Lipinski definition) is 2. The van der Waals surface area contributed by atoms with Gasteiger partial charge in [0, 0.05) is 16.9 Å². The Labute approximate surface area is 144 Å². The van der Waals surface area contributed by atoms with Crippen molar-refractivity contribution in [2.45, 2.75) is 23.7 Å². The fraction of sp³-hybridized carbons (Fsp3) is 0.250. The van der Waals surface area contributed by atoms with Crippen LogP contribution in [0.1, 0.15) is 34.8 Å². The summed E-state index contributed by atoms with van der Waals surface area (Å²) >= 11 is 1.37. The summed E-state index contributed by atoms with van der Waals surface area (Å²) in [5, 5.41) is 5.16. The molecule has 6 nitrogen and oxygen atoms in total. The maximum atomic E-state index is 12.3.